The third-order valence-corrected chi connectivity index (χ3v) is 5.85. The van der Waals surface area contributed by atoms with Crippen molar-refractivity contribution < 1.29 is 19.4 Å². The van der Waals surface area contributed by atoms with Crippen molar-refractivity contribution in [3.8, 4) is 11.8 Å². The van der Waals surface area contributed by atoms with Crippen LogP contribution in [0.25, 0.3) is 0 Å². The minimum absolute atomic E-state index is 0.0843. The summed E-state index contributed by atoms with van der Waals surface area (Å²) in [6.07, 6.45) is 5.20. The summed E-state index contributed by atoms with van der Waals surface area (Å²) in [6.45, 7) is 6.35. The molecule has 0 radical (unpaired) electrons. The summed E-state index contributed by atoms with van der Waals surface area (Å²) in [5.74, 6) is 5.52. The van der Waals surface area contributed by atoms with Gasteiger partial charge in [-0.3, -0.25) is 4.90 Å². The van der Waals surface area contributed by atoms with Crippen molar-refractivity contribution in [3.63, 3.8) is 0 Å². The molecule has 1 unspecified atom stereocenters. The van der Waals surface area contributed by atoms with Gasteiger partial charge in [0.1, 0.15) is 11.5 Å². The average Bonchev–Trinajstić information content (AvgIpc) is 3.16. The van der Waals surface area contributed by atoms with Gasteiger partial charge in [0.05, 0.1) is 16.6 Å². The standard InChI is InChI=1S/C20H25NO4S/c1-20(2,3)10-9-14-11-15(17(26-14)18(22)23)21-16(12-25-19(21)24)13-7-5-4-6-8-13/h11,13,16H,4-8,12H2,1-3H3,(H,22,23). The number of carbonyl (C=O) groups is 2. The molecule has 1 N–H and O–H groups in total. The molecule has 1 aromatic heterocycles. The summed E-state index contributed by atoms with van der Waals surface area (Å²) >= 11 is 1.12. The molecule has 1 aliphatic heterocycles. The molecule has 5 nitrogen and oxygen atoms in total. The Balaban J connectivity index is 1.96. The van der Waals surface area contributed by atoms with E-state index in [4.69, 9.17) is 4.74 Å². The van der Waals surface area contributed by atoms with Gasteiger partial charge in [-0.25, -0.2) is 9.59 Å². The van der Waals surface area contributed by atoms with Crippen LogP contribution in [0.4, 0.5) is 10.5 Å². The van der Waals surface area contributed by atoms with Crippen LogP contribution < -0.4 is 4.90 Å². The smallest absolute Gasteiger partial charge is 0.414 e. The second kappa shape index (κ2) is 7.32. The second-order valence-corrected chi connectivity index (χ2v) is 9.09. The summed E-state index contributed by atoms with van der Waals surface area (Å²) in [4.78, 5) is 26.6. The van der Waals surface area contributed by atoms with Crippen molar-refractivity contribution in [2.24, 2.45) is 11.3 Å². The number of anilines is 1. The summed E-state index contributed by atoms with van der Waals surface area (Å²) in [7, 11) is 0. The lowest BCUT2D eigenvalue weighted by Crippen LogP contribution is -2.40. The molecule has 1 aromatic rings. The molecule has 140 valence electrons. The highest BCUT2D eigenvalue weighted by Crippen LogP contribution is 2.39. The highest BCUT2D eigenvalue weighted by atomic mass is 32.1. The Labute approximate surface area is 158 Å². The lowest BCUT2D eigenvalue weighted by atomic mass is 9.83. The monoisotopic (exact) mass is 375 g/mol. The van der Waals surface area contributed by atoms with Crippen LogP contribution in [-0.2, 0) is 4.74 Å². The Bertz CT molecular complexity index is 759. The Morgan fingerprint density at radius 1 is 1.31 bits per heavy atom. The summed E-state index contributed by atoms with van der Waals surface area (Å²) in [5, 5.41) is 9.63. The van der Waals surface area contributed by atoms with Crippen LogP contribution in [0.5, 0.6) is 0 Å². The zero-order valence-corrected chi connectivity index (χ0v) is 16.3. The molecule has 0 spiro atoms. The number of ether oxygens (including phenoxy) is 1. The van der Waals surface area contributed by atoms with E-state index in [1.165, 1.54) is 6.42 Å². The number of carbonyl (C=O) groups excluding carboxylic acids is 1. The van der Waals surface area contributed by atoms with Gasteiger partial charge < -0.3 is 9.84 Å². The first-order valence-corrected chi connectivity index (χ1v) is 9.94. The number of thiophene rings is 1. The fraction of sp³-hybridized carbons (Fsp3) is 0.600. The molecule has 3 rings (SSSR count). The summed E-state index contributed by atoms with van der Waals surface area (Å²) in [6, 6.07) is 1.65. The number of aromatic carboxylic acids is 1. The molecular formula is C20H25NO4S. The van der Waals surface area contributed by atoms with Crippen molar-refractivity contribution >= 4 is 29.1 Å². The number of carboxylic acids is 1. The molecule has 26 heavy (non-hydrogen) atoms. The van der Waals surface area contributed by atoms with Crippen LogP contribution in [0.2, 0.25) is 0 Å². The largest absolute Gasteiger partial charge is 0.477 e. The van der Waals surface area contributed by atoms with Gasteiger partial charge in [-0.15, -0.1) is 11.3 Å². The second-order valence-electron chi connectivity index (χ2n) is 8.04. The van der Waals surface area contributed by atoms with Gasteiger partial charge in [0.2, 0.25) is 0 Å². The third kappa shape index (κ3) is 4.04. The van der Waals surface area contributed by atoms with Gasteiger partial charge in [-0.2, -0.15) is 0 Å². The predicted octanol–water partition coefficient (Wildman–Crippen LogP) is 4.75. The van der Waals surface area contributed by atoms with Crippen molar-refractivity contribution in [1.82, 2.24) is 0 Å². The fourth-order valence-corrected chi connectivity index (χ4v) is 4.44. The SMILES string of the molecule is CC(C)(C)C#Cc1cc(N2C(=O)OCC2C2CCCCC2)c(C(=O)O)s1. The zero-order valence-electron chi connectivity index (χ0n) is 15.5. The molecule has 0 aromatic carbocycles. The van der Waals surface area contributed by atoms with Crippen LogP contribution in [0.15, 0.2) is 6.07 Å². The highest BCUT2D eigenvalue weighted by molar-refractivity contribution is 7.15. The van der Waals surface area contributed by atoms with Gasteiger partial charge in [-0.1, -0.05) is 31.1 Å². The van der Waals surface area contributed by atoms with E-state index in [2.05, 4.69) is 11.8 Å². The molecular weight excluding hydrogens is 350 g/mol. The van der Waals surface area contributed by atoms with Crippen LogP contribution in [0.1, 0.15) is 67.4 Å². The molecule has 1 saturated heterocycles. The number of carboxylic acid groups (broad SMARTS) is 1. The highest BCUT2D eigenvalue weighted by Gasteiger charge is 2.41. The first kappa shape index (κ1) is 18.8. The molecule has 0 bridgehead atoms. The molecule has 2 fully saturated rings. The van der Waals surface area contributed by atoms with Gasteiger partial charge >= 0.3 is 12.1 Å². The lowest BCUT2D eigenvalue weighted by Gasteiger charge is -2.31. The topological polar surface area (TPSA) is 66.8 Å². The normalized spacial score (nSPS) is 21.3. The Morgan fingerprint density at radius 3 is 2.62 bits per heavy atom. The maximum absolute atomic E-state index is 12.4. The van der Waals surface area contributed by atoms with E-state index in [-0.39, 0.29) is 16.3 Å². The first-order valence-electron chi connectivity index (χ1n) is 9.12. The quantitative estimate of drug-likeness (QED) is 0.774. The summed E-state index contributed by atoms with van der Waals surface area (Å²) in [5.41, 5.74) is 0.254. The molecule has 1 saturated carbocycles. The number of nitrogens with zero attached hydrogens (tertiary/aromatic N) is 1. The van der Waals surface area contributed by atoms with Crippen molar-refractivity contribution in [2.45, 2.75) is 58.9 Å². The van der Waals surface area contributed by atoms with Crippen molar-refractivity contribution in [1.29, 1.82) is 0 Å². The number of hydrogen-bond donors (Lipinski definition) is 1. The first-order chi connectivity index (χ1) is 12.3. The summed E-state index contributed by atoms with van der Waals surface area (Å²) < 4.78 is 5.31. The van der Waals surface area contributed by atoms with Crippen LogP contribution in [0, 0.1) is 23.2 Å². The molecule has 1 amide bonds. The lowest BCUT2D eigenvalue weighted by molar-refractivity contribution is 0.0702. The van der Waals surface area contributed by atoms with Gasteiger partial charge in [-0.05, 0) is 45.6 Å². The van der Waals surface area contributed by atoms with Crippen LogP contribution in [-0.4, -0.2) is 29.8 Å². The van der Waals surface area contributed by atoms with Crippen molar-refractivity contribution in [3.05, 3.63) is 15.8 Å². The molecule has 6 heteroatoms. The van der Waals surface area contributed by atoms with Gasteiger partial charge in [0, 0.05) is 5.41 Å². The number of amides is 1. The molecule has 2 heterocycles. The van der Waals surface area contributed by atoms with E-state index in [9.17, 15) is 14.7 Å². The minimum Gasteiger partial charge on any atom is -0.477 e. The maximum atomic E-state index is 12.4. The molecule has 1 atom stereocenters. The maximum Gasteiger partial charge on any atom is 0.414 e. The van der Waals surface area contributed by atoms with Crippen LogP contribution in [0.3, 0.4) is 0 Å². The third-order valence-electron chi connectivity index (χ3n) is 4.83. The molecule has 2 aliphatic rings. The Hall–Kier alpha value is -2.00. The van der Waals surface area contributed by atoms with E-state index in [0.717, 1.165) is 37.0 Å². The van der Waals surface area contributed by atoms with E-state index >= 15 is 0 Å². The number of hydrogen-bond acceptors (Lipinski definition) is 4. The van der Waals surface area contributed by atoms with E-state index in [1.807, 2.05) is 20.8 Å². The van der Waals surface area contributed by atoms with Gasteiger partial charge in [0.15, 0.2) is 0 Å². The predicted molar refractivity (Wildman–Crippen MR) is 102 cm³/mol. The van der Waals surface area contributed by atoms with Gasteiger partial charge in [0.25, 0.3) is 0 Å². The zero-order chi connectivity index (χ0) is 18.9. The van der Waals surface area contributed by atoms with E-state index in [0.29, 0.717) is 23.1 Å². The Morgan fingerprint density at radius 2 is 2.00 bits per heavy atom. The van der Waals surface area contributed by atoms with Crippen molar-refractivity contribution in [2.75, 3.05) is 11.5 Å². The fourth-order valence-electron chi connectivity index (χ4n) is 3.60. The van der Waals surface area contributed by atoms with Crippen LogP contribution >= 0.6 is 11.3 Å². The minimum atomic E-state index is -1.03. The van der Waals surface area contributed by atoms with E-state index < -0.39 is 12.1 Å². The Kier molecular flexibility index (Phi) is 5.29. The van der Waals surface area contributed by atoms with E-state index in [1.54, 1.807) is 11.0 Å². The number of cyclic esters (lactones) is 1. The average molecular weight is 375 g/mol. The number of rotatable bonds is 3. The molecule has 1 aliphatic carbocycles.